The van der Waals surface area contributed by atoms with E-state index in [0.717, 1.165) is 5.56 Å². The standard InChI is InChI=1S/C16H14FN3O2/c1-10-4-3-7-18-15(10)19-16(21)14-9-13(20-22-14)11-5-2-6-12(17)8-11/h2-8,14H,9H2,1H3,(H,18,19,21)/t14-/m1/s1. The predicted molar refractivity (Wildman–Crippen MR) is 80.0 cm³/mol. The SMILES string of the molecule is Cc1cccnc1NC(=O)[C@H]1CC(c2cccc(F)c2)=NO1. The Labute approximate surface area is 126 Å². The van der Waals surface area contributed by atoms with Crippen LogP contribution in [-0.4, -0.2) is 22.7 Å². The maximum atomic E-state index is 13.2. The van der Waals surface area contributed by atoms with Gasteiger partial charge in [-0.3, -0.25) is 4.79 Å². The summed E-state index contributed by atoms with van der Waals surface area (Å²) in [4.78, 5) is 21.5. The molecule has 0 bridgehead atoms. The highest BCUT2D eigenvalue weighted by molar-refractivity contribution is 6.06. The van der Waals surface area contributed by atoms with Crippen LogP contribution in [0, 0.1) is 12.7 Å². The van der Waals surface area contributed by atoms with E-state index < -0.39 is 6.10 Å². The first-order valence-corrected chi connectivity index (χ1v) is 6.84. The number of hydrogen-bond acceptors (Lipinski definition) is 4. The fourth-order valence-corrected chi connectivity index (χ4v) is 2.17. The quantitative estimate of drug-likeness (QED) is 0.947. The molecule has 1 aromatic heterocycles. The van der Waals surface area contributed by atoms with Crippen molar-refractivity contribution >= 4 is 17.4 Å². The van der Waals surface area contributed by atoms with Gasteiger partial charge >= 0.3 is 0 Å². The molecule has 1 aliphatic rings. The average Bonchev–Trinajstić information content (AvgIpc) is 2.99. The van der Waals surface area contributed by atoms with Gasteiger partial charge in [0.25, 0.3) is 5.91 Å². The highest BCUT2D eigenvalue weighted by Crippen LogP contribution is 2.19. The third kappa shape index (κ3) is 2.95. The highest BCUT2D eigenvalue weighted by atomic mass is 19.1. The molecule has 6 heteroatoms. The van der Waals surface area contributed by atoms with E-state index in [1.807, 2.05) is 13.0 Å². The number of carbonyl (C=O) groups excluding carboxylic acids is 1. The number of oxime groups is 1. The molecule has 0 unspecified atom stereocenters. The van der Waals surface area contributed by atoms with Crippen LogP contribution in [0.5, 0.6) is 0 Å². The topological polar surface area (TPSA) is 63.6 Å². The van der Waals surface area contributed by atoms with Gasteiger partial charge in [-0.1, -0.05) is 23.4 Å². The Balaban J connectivity index is 1.67. The molecular formula is C16H14FN3O2. The number of aromatic nitrogens is 1. The first-order chi connectivity index (χ1) is 10.6. The molecule has 3 rings (SSSR count). The van der Waals surface area contributed by atoms with Crippen LogP contribution < -0.4 is 5.32 Å². The molecule has 1 aliphatic heterocycles. The summed E-state index contributed by atoms with van der Waals surface area (Å²) < 4.78 is 13.2. The van der Waals surface area contributed by atoms with Crippen molar-refractivity contribution in [1.29, 1.82) is 0 Å². The van der Waals surface area contributed by atoms with E-state index in [-0.39, 0.29) is 11.7 Å². The van der Waals surface area contributed by atoms with Gasteiger partial charge in [-0.2, -0.15) is 0 Å². The smallest absolute Gasteiger partial charge is 0.269 e. The maximum Gasteiger partial charge on any atom is 0.269 e. The summed E-state index contributed by atoms with van der Waals surface area (Å²) in [6.07, 6.45) is 1.16. The van der Waals surface area contributed by atoms with E-state index in [1.54, 1.807) is 24.4 Å². The lowest BCUT2D eigenvalue weighted by Gasteiger charge is -2.10. The summed E-state index contributed by atoms with van der Waals surface area (Å²) in [5, 5.41) is 6.60. The molecule has 0 saturated carbocycles. The number of aryl methyl sites for hydroxylation is 1. The Bertz CT molecular complexity index is 746. The minimum Gasteiger partial charge on any atom is -0.382 e. The number of hydrogen-bond donors (Lipinski definition) is 1. The van der Waals surface area contributed by atoms with E-state index in [1.165, 1.54) is 12.1 Å². The summed E-state index contributed by atoms with van der Waals surface area (Å²) in [5.41, 5.74) is 2.03. The number of pyridine rings is 1. The molecule has 0 radical (unpaired) electrons. The van der Waals surface area contributed by atoms with Crippen molar-refractivity contribution in [2.45, 2.75) is 19.4 Å². The van der Waals surface area contributed by atoms with Crippen LogP contribution in [0.1, 0.15) is 17.5 Å². The second kappa shape index (κ2) is 5.93. The zero-order valence-electron chi connectivity index (χ0n) is 11.9. The second-order valence-electron chi connectivity index (χ2n) is 5.00. The van der Waals surface area contributed by atoms with E-state index >= 15 is 0 Å². The average molecular weight is 299 g/mol. The number of carbonyl (C=O) groups is 1. The van der Waals surface area contributed by atoms with Gasteiger partial charge in [-0.05, 0) is 30.7 Å². The van der Waals surface area contributed by atoms with Crippen LogP contribution >= 0.6 is 0 Å². The summed E-state index contributed by atoms with van der Waals surface area (Å²) in [6.45, 7) is 1.85. The molecule has 1 atom stereocenters. The normalized spacial score (nSPS) is 16.8. The van der Waals surface area contributed by atoms with Crippen LogP contribution in [-0.2, 0) is 9.63 Å². The van der Waals surface area contributed by atoms with Crippen LogP contribution in [0.15, 0.2) is 47.8 Å². The maximum absolute atomic E-state index is 13.2. The van der Waals surface area contributed by atoms with Gasteiger partial charge in [-0.25, -0.2) is 9.37 Å². The predicted octanol–water partition coefficient (Wildman–Crippen LogP) is 2.66. The Hall–Kier alpha value is -2.76. The fourth-order valence-electron chi connectivity index (χ4n) is 2.17. The Kier molecular flexibility index (Phi) is 3.82. The number of amides is 1. The van der Waals surface area contributed by atoms with Gasteiger partial charge in [0.05, 0.1) is 5.71 Å². The minimum atomic E-state index is -0.736. The first-order valence-electron chi connectivity index (χ1n) is 6.84. The van der Waals surface area contributed by atoms with Gasteiger partial charge in [0.15, 0.2) is 0 Å². The zero-order chi connectivity index (χ0) is 15.5. The lowest BCUT2D eigenvalue weighted by molar-refractivity contribution is -0.125. The van der Waals surface area contributed by atoms with Crippen molar-refractivity contribution in [2.24, 2.45) is 5.16 Å². The van der Waals surface area contributed by atoms with E-state index in [0.29, 0.717) is 23.5 Å². The van der Waals surface area contributed by atoms with Gasteiger partial charge in [0.1, 0.15) is 11.6 Å². The zero-order valence-corrected chi connectivity index (χ0v) is 11.9. The van der Waals surface area contributed by atoms with Crippen molar-refractivity contribution in [1.82, 2.24) is 4.98 Å². The number of rotatable bonds is 3. The fraction of sp³-hybridized carbons (Fsp3) is 0.188. The monoisotopic (exact) mass is 299 g/mol. The molecular weight excluding hydrogens is 285 g/mol. The molecule has 0 aliphatic carbocycles. The molecule has 1 amide bonds. The van der Waals surface area contributed by atoms with Crippen LogP contribution in [0.2, 0.25) is 0 Å². The molecule has 2 aromatic rings. The Morgan fingerprint density at radius 2 is 2.23 bits per heavy atom. The van der Waals surface area contributed by atoms with Crippen molar-refractivity contribution in [3.8, 4) is 0 Å². The van der Waals surface area contributed by atoms with E-state index in [4.69, 9.17) is 4.84 Å². The van der Waals surface area contributed by atoms with Crippen molar-refractivity contribution in [3.05, 3.63) is 59.5 Å². The molecule has 112 valence electrons. The lowest BCUT2D eigenvalue weighted by Crippen LogP contribution is -2.28. The van der Waals surface area contributed by atoms with Gasteiger partial charge in [0, 0.05) is 18.2 Å². The number of anilines is 1. The van der Waals surface area contributed by atoms with Gasteiger partial charge in [-0.15, -0.1) is 0 Å². The van der Waals surface area contributed by atoms with Crippen LogP contribution in [0.25, 0.3) is 0 Å². The third-order valence-electron chi connectivity index (χ3n) is 3.37. The lowest BCUT2D eigenvalue weighted by atomic mass is 10.0. The number of halogens is 1. The molecule has 0 fully saturated rings. The second-order valence-corrected chi connectivity index (χ2v) is 5.00. The largest absolute Gasteiger partial charge is 0.382 e. The van der Waals surface area contributed by atoms with Crippen molar-refractivity contribution in [2.75, 3.05) is 5.32 Å². The molecule has 0 spiro atoms. The molecule has 1 aromatic carbocycles. The van der Waals surface area contributed by atoms with Gasteiger partial charge < -0.3 is 10.2 Å². The number of benzene rings is 1. The Morgan fingerprint density at radius 1 is 1.36 bits per heavy atom. The van der Waals surface area contributed by atoms with Crippen molar-refractivity contribution in [3.63, 3.8) is 0 Å². The molecule has 1 N–H and O–H groups in total. The molecule has 22 heavy (non-hydrogen) atoms. The van der Waals surface area contributed by atoms with E-state index in [9.17, 15) is 9.18 Å². The number of nitrogens with zero attached hydrogens (tertiary/aromatic N) is 2. The van der Waals surface area contributed by atoms with E-state index in [2.05, 4.69) is 15.5 Å². The van der Waals surface area contributed by atoms with Crippen molar-refractivity contribution < 1.29 is 14.0 Å². The Morgan fingerprint density at radius 3 is 3.00 bits per heavy atom. The van der Waals surface area contributed by atoms with Crippen LogP contribution in [0.3, 0.4) is 0 Å². The van der Waals surface area contributed by atoms with Gasteiger partial charge in [0.2, 0.25) is 6.10 Å². The van der Waals surface area contributed by atoms with Crippen LogP contribution in [0.4, 0.5) is 10.2 Å². The minimum absolute atomic E-state index is 0.293. The summed E-state index contributed by atoms with van der Waals surface area (Å²) >= 11 is 0. The molecule has 0 saturated heterocycles. The first kappa shape index (κ1) is 14.2. The summed E-state index contributed by atoms with van der Waals surface area (Å²) in [7, 11) is 0. The summed E-state index contributed by atoms with van der Waals surface area (Å²) in [5.74, 6) is -0.176. The number of nitrogens with one attached hydrogen (secondary N) is 1. The summed E-state index contributed by atoms with van der Waals surface area (Å²) in [6, 6.07) is 9.70. The third-order valence-corrected chi connectivity index (χ3v) is 3.37. The molecule has 5 nitrogen and oxygen atoms in total. The molecule has 2 heterocycles. The highest BCUT2D eigenvalue weighted by Gasteiger charge is 2.29.